The van der Waals surface area contributed by atoms with Gasteiger partial charge in [0.25, 0.3) is 0 Å². The topological polar surface area (TPSA) is 12.5 Å². The van der Waals surface area contributed by atoms with E-state index < -0.39 is 0 Å². The maximum Gasteiger partial charge on any atom is 0.111 e. The molecule has 2 fully saturated rings. The number of rotatable bonds is 2. The van der Waals surface area contributed by atoms with Crippen LogP contribution in [0.3, 0.4) is 0 Å². The van der Waals surface area contributed by atoms with Gasteiger partial charge in [-0.25, -0.2) is 0 Å². The Labute approximate surface area is 74.9 Å². The quantitative estimate of drug-likeness (QED) is 0.623. The first-order chi connectivity index (χ1) is 5.95. The van der Waals surface area contributed by atoms with E-state index in [1.807, 2.05) is 0 Å². The van der Waals surface area contributed by atoms with Gasteiger partial charge in [-0.2, -0.15) is 0 Å². The van der Waals surface area contributed by atoms with E-state index in [0.717, 1.165) is 13.2 Å². The highest BCUT2D eigenvalue weighted by atomic mass is 16.5. The molecule has 2 nitrogen and oxygen atoms in total. The van der Waals surface area contributed by atoms with E-state index in [0.29, 0.717) is 0 Å². The fourth-order valence-corrected chi connectivity index (χ4v) is 2.05. The zero-order chi connectivity index (χ0) is 8.23. The molecule has 2 aliphatic heterocycles. The molecule has 2 rings (SSSR count). The zero-order valence-electron chi connectivity index (χ0n) is 7.72. The van der Waals surface area contributed by atoms with Crippen LogP contribution in [0.2, 0.25) is 0 Å². The Kier molecular flexibility index (Phi) is 3.01. The second-order valence-electron chi connectivity index (χ2n) is 3.83. The van der Waals surface area contributed by atoms with Gasteiger partial charge in [0.05, 0.1) is 0 Å². The predicted molar refractivity (Wildman–Crippen MR) is 48.7 cm³/mol. The van der Waals surface area contributed by atoms with Crippen LogP contribution in [0, 0.1) is 6.10 Å². The van der Waals surface area contributed by atoms with Gasteiger partial charge in [0, 0.05) is 13.2 Å². The first kappa shape index (κ1) is 8.52. The van der Waals surface area contributed by atoms with Crippen molar-refractivity contribution in [2.45, 2.75) is 32.1 Å². The summed E-state index contributed by atoms with van der Waals surface area (Å²) in [6, 6.07) is 0. The Bertz CT molecular complexity index is 126. The van der Waals surface area contributed by atoms with Crippen molar-refractivity contribution in [3.8, 4) is 0 Å². The van der Waals surface area contributed by atoms with E-state index in [2.05, 4.69) is 4.90 Å². The molecule has 69 valence electrons. The average Bonchev–Trinajstić information content (AvgIpc) is 2.59. The van der Waals surface area contributed by atoms with E-state index in [4.69, 9.17) is 4.74 Å². The molecule has 1 radical (unpaired) electrons. The smallest absolute Gasteiger partial charge is 0.111 e. The van der Waals surface area contributed by atoms with Crippen molar-refractivity contribution < 1.29 is 4.74 Å². The van der Waals surface area contributed by atoms with Crippen molar-refractivity contribution in [2.75, 3.05) is 26.2 Å². The maximum atomic E-state index is 5.53. The predicted octanol–water partition coefficient (Wildman–Crippen LogP) is 1.81. The maximum absolute atomic E-state index is 5.53. The molecular weight excluding hydrogens is 150 g/mol. The lowest BCUT2D eigenvalue weighted by molar-refractivity contribution is 0.137. The number of piperidine rings is 1. The minimum atomic E-state index is 0.961. The lowest BCUT2D eigenvalue weighted by Gasteiger charge is -2.27. The summed E-state index contributed by atoms with van der Waals surface area (Å²) in [7, 11) is 0. The molecule has 0 bridgehead atoms. The molecule has 0 aromatic heterocycles. The highest BCUT2D eigenvalue weighted by Gasteiger charge is 2.20. The van der Waals surface area contributed by atoms with Crippen LogP contribution in [0.15, 0.2) is 0 Å². The molecule has 2 aliphatic rings. The summed E-state index contributed by atoms with van der Waals surface area (Å²) in [6.45, 7) is 4.64. The van der Waals surface area contributed by atoms with Gasteiger partial charge in [-0.15, -0.1) is 0 Å². The van der Waals surface area contributed by atoms with Crippen LogP contribution in [0.5, 0.6) is 0 Å². The lowest BCUT2D eigenvalue weighted by atomic mass is 10.1. The summed E-state index contributed by atoms with van der Waals surface area (Å²) in [5.74, 6) is 0. The lowest BCUT2D eigenvalue weighted by Crippen LogP contribution is -2.33. The Morgan fingerprint density at radius 1 is 1.08 bits per heavy atom. The molecule has 2 saturated heterocycles. The third-order valence-electron chi connectivity index (χ3n) is 2.75. The molecule has 0 N–H and O–H groups in total. The minimum absolute atomic E-state index is 0.961. The van der Waals surface area contributed by atoms with E-state index in [1.165, 1.54) is 51.3 Å². The summed E-state index contributed by atoms with van der Waals surface area (Å²) in [5, 5.41) is 0. The molecular formula is C10H18NO. The highest BCUT2D eigenvalue weighted by Crippen LogP contribution is 2.21. The molecule has 2 heteroatoms. The average molecular weight is 168 g/mol. The van der Waals surface area contributed by atoms with Crippen LogP contribution in [0.25, 0.3) is 0 Å². The molecule has 0 aromatic rings. The second kappa shape index (κ2) is 4.24. The Morgan fingerprint density at radius 3 is 2.58 bits per heavy atom. The first-order valence-electron chi connectivity index (χ1n) is 5.15. The highest BCUT2D eigenvalue weighted by molar-refractivity contribution is 4.87. The van der Waals surface area contributed by atoms with Gasteiger partial charge in [-0.3, -0.25) is 0 Å². The van der Waals surface area contributed by atoms with Crippen molar-refractivity contribution >= 4 is 0 Å². The molecule has 0 aromatic carbocycles. The van der Waals surface area contributed by atoms with Crippen molar-refractivity contribution in [1.29, 1.82) is 0 Å². The first-order valence-corrected chi connectivity index (χ1v) is 5.15. The zero-order valence-corrected chi connectivity index (χ0v) is 7.72. The number of nitrogens with zero attached hydrogens (tertiary/aromatic N) is 1. The van der Waals surface area contributed by atoms with Gasteiger partial charge in [0.2, 0.25) is 0 Å². The fourth-order valence-electron chi connectivity index (χ4n) is 2.05. The molecule has 0 amide bonds. The third kappa shape index (κ3) is 2.20. The van der Waals surface area contributed by atoms with Gasteiger partial charge >= 0.3 is 0 Å². The van der Waals surface area contributed by atoms with Crippen molar-refractivity contribution in [2.24, 2.45) is 0 Å². The molecule has 0 aliphatic carbocycles. The van der Waals surface area contributed by atoms with Gasteiger partial charge in [0.1, 0.15) is 6.10 Å². The van der Waals surface area contributed by atoms with E-state index in [9.17, 15) is 0 Å². The van der Waals surface area contributed by atoms with Gasteiger partial charge in [-0.1, -0.05) is 6.42 Å². The fraction of sp³-hybridized carbons (Fsp3) is 0.900. The Hall–Kier alpha value is -0.0800. The van der Waals surface area contributed by atoms with Crippen molar-refractivity contribution in [3.63, 3.8) is 0 Å². The van der Waals surface area contributed by atoms with Crippen LogP contribution < -0.4 is 0 Å². The van der Waals surface area contributed by atoms with Crippen LogP contribution in [0.4, 0.5) is 0 Å². The molecule has 0 atom stereocenters. The van der Waals surface area contributed by atoms with Gasteiger partial charge in [-0.05, 0) is 38.8 Å². The van der Waals surface area contributed by atoms with Crippen molar-refractivity contribution in [3.05, 3.63) is 6.10 Å². The monoisotopic (exact) mass is 168 g/mol. The molecule has 0 spiro atoms. The second-order valence-corrected chi connectivity index (χ2v) is 3.83. The van der Waals surface area contributed by atoms with Gasteiger partial charge < -0.3 is 9.64 Å². The largest absolute Gasteiger partial charge is 0.371 e. The Morgan fingerprint density at radius 2 is 1.92 bits per heavy atom. The molecule has 0 unspecified atom stereocenters. The number of hydrogen-bond donors (Lipinski definition) is 0. The summed E-state index contributed by atoms with van der Waals surface area (Å²) in [4.78, 5) is 2.53. The molecule has 2 heterocycles. The van der Waals surface area contributed by atoms with Crippen molar-refractivity contribution in [1.82, 2.24) is 4.90 Å². The number of hydrogen-bond acceptors (Lipinski definition) is 2. The van der Waals surface area contributed by atoms with Gasteiger partial charge in [0.15, 0.2) is 0 Å². The standard InChI is InChI=1S/C10H18NO/c1-2-6-11(7-3-1)9-10-5-4-8-12-10/h1-9H2. The normalized spacial score (nSPS) is 28.0. The summed E-state index contributed by atoms with van der Waals surface area (Å²) < 4.78 is 5.53. The van der Waals surface area contributed by atoms with E-state index >= 15 is 0 Å². The summed E-state index contributed by atoms with van der Waals surface area (Å²) in [6.07, 6.45) is 7.96. The number of ether oxygens (including phenoxy) is 1. The minimum Gasteiger partial charge on any atom is -0.371 e. The van der Waals surface area contributed by atoms with Crippen LogP contribution >= 0.6 is 0 Å². The van der Waals surface area contributed by atoms with E-state index in [1.54, 1.807) is 0 Å². The van der Waals surface area contributed by atoms with Crippen LogP contribution in [-0.2, 0) is 4.74 Å². The van der Waals surface area contributed by atoms with E-state index in [-0.39, 0.29) is 0 Å². The summed E-state index contributed by atoms with van der Waals surface area (Å²) in [5.41, 5.74) is 0. The third-order valence-corrected chi connectivity index (χ3v) is 2.75. The van der Waals surface area contributed by atoms with Crippen LogP contribution in [0.1, 0.15) is 32.1 Å². The SMILES string of the molecule is C1CCN(C[C]2CCCO2)CC1. The summed E-state index contributed by atoms with van der Waals surface area (Å²) >= 11 is 0. The number of likely N-dealkylation sites (tertiary alicyclic amines) is 1. The molecule has 0 saturated carbocycles. The van der Waals surface area contributed by atoms with Crippen LogP contribution in [-0.4, -0.2) is 31.1 Å². The Balaban J connectivity index is 1.69. The molecule has 12 heavy (non-hydrogen) atoms.